The van der Waals surface area contributed by atoms with Crippen molar-refractivity contribution in [1.82, 2.24) is 9.80 Å². The second-order valence-corrected chi connectivity index (χ2v) is 27.9. The van der Waals surface area contributed by atoms with E-state index in [1.165, 1.54) is 55.1 Å². The summed E-state index contributed by atoms with van der Waals surface area (Å²) in [5.74, 6) is -18.5. The summed E-state index contributed by atoms with van der Waals surface area (Å²) in [5.41, 5.74) is 8.00. The van der Waals surface area contributed by atoms with Crippen LogP contribution >= 0.6 is 0 Å². The minimum absolute atomic E-state index is 0. The van der Waals surface area contributed by atoms with E-state index in [1.54, 1.807) is 58.3 Å². The lowest BCUT2D eigenvalue weighted by atomic mass is 9.54. The first-order valence-electron chi connectivity index (χ1n) is 32.2. The van der Waals surface area contributed by atoms with E-state index in [9.17, 15) is 110 Å². The fraction of sp³-hybridized carbons (Fsp3) is 0.423. The van der Waals surface area contributed by atoms with Crippen molar-refractivity contribution in [3.05, 3.63) is 144 Å². The highest BCUT2D eigenvalue weighted by molar-refractivity contribution is 6.31. The van der Waals surface area contributed by atoms with E-state index in [2.05, 4.69) is 0 Å². The maximum Gasteiger partial charge on any atom is 0.255 e. The van der Waals surface area contributed by atoms with Crippen LogP contribution in [0.3, 0.4) is 0 Å². The minimum atomic E-state index is -2.89. The van der Waals surface area contributed by atoms with Gasteiger partial charge >= 0.3 is 0 Å². The number of aliphatic hydroxyl groups excluding tert-OH is 6. The summed E-state index contributed by atoms with van der Waals surface area (Å²) >= 11 is 0. The van der Waals surface area contributed by atoms with Crippen molar-refractivity contribution in [2.45, 2.75) is 124 Å². The molecule has 8 aliphatic carbocycles. The Kier molecular flexibility index (Phi) is 19.3. The fourth-order valence-corrected chi connectivity index (χ4v) is 16.6. The molecule has 2 amide bonds. The number of benzene rings is 4. The number of anilines is 1. The quantitative estimate of drug-likeness (QED) is 0.0702. The first-order chi connectivity index (χ1) is 47.1. The van der Waals surface area contributed by atoms with Gasteiger partial charge in [-0.1, -0.05) is 43.3 Å². The van der Waals surface area contributed by atoms with Crippen molar-refractivity contribution in [3.63, 3.8) is 0 Å². The standard InChI is InChI=1S/C26H27NO9.C23H27N3O7.C22H24N2O8.H2O/c1-10-21(29)15(27)7-17(35-10)36-16-9-26(34,11(2)28)8-14-18(16)25(33)20-19(24(14)32)22(30)12-5-3-4-6-13(12)23(20)31;1-25(2)12-5-6-13(27)15-10(12)7-9-8-11-17(26(3)4)19(29)16(22(24)32)21(31)23(11,33)20(30)14(9)18(15)28;1-7-8-5-4-6-9(25)11(8)16(26)12-10(7)17(27)14-15(24(2)3)18(28)13(21(23)31)20(30)22(14,32)19(12)29;/h3-6,10,15-17,21,29,32-34H,7-9,27H2,1-2H3;5-6,9,11,17,27-28,31,33H,7-8H2,1-4H3,(H2,24,32);4-7,10,14-15,17,25-27,30,32H,1-3H3,(H2,23,31);1H2/t10-,15-,16-,17-,21+,26-;9-,11-,17-,23-;7-,10+,14+,15-,17-,22-;/m000./s1. The summed E-state index contributed by atoms with van der Waals surface area (Å²) in [4.78, 5) is 121. The van der Waals surface area contributed by atoms with Gasteiger partial charge in [0.2, 0.25) is 11.6 Å². The molecule has 16 atom stereocenters. The maximum atomic E-state index is 13.7. The van der Waals surface area contributed by atoms with Crippen molar-refractivity contribution >= 4 is 69.5 Å². The number of aromatic hydroxyl groups is 4. The minimum Gasteiger partial charge on any atom is -0.508 e. The van der Waals surface area contributed by atoms with E-state index in [0.29, 0.717) is 11.1 Å². The molecule has 2 saturated carbocycles. The van der Waals surface area contributed by atoms with E-state index < -0.39 is 205 Å². The van der Waals surface area contributed by atoms with Crippen molar-refractivity contribution in [2.75, 3.05) is 47.2 Å². The number of phenols is 4. The average Bonchev–Trinajstić information content (AvgIpc) is 0.698. The van der Waals surface area contributed by atoms with Gasteiger partial charge in [-0.05, 0) is 96.0 Å². The number of likely N-dealkylation sites (N-methyl/N-ethyl adjacent to an activating group) is 2. The average molecular weight is 1420 g/mol. The fourth-order valence-electron chi connectivity index (χ4n) is 16.6. The van der Waals surface area contributed by atoms with Gasteiger partial charge in [0.05, 0.1) is 64.7 Å². The Labute approximate surface area is 581 Å². The van der Waals surface area contributed by atoms with Crippen LogP contribution in [0.5, 0.6) is 23.0 Å². The number of aliphatic hydroxyl groups is 9. The predicted octanol–water partition coefficient (Wildman–Crippen LogP) is -0.279. The Bertz CT molecular complexity index is 4480. The SMILES string of the molecule is CC(=O)[C@]1(O)Cc2c(O)c3c(c(O)c2[C@@H](O[C@H]2C[C@H](N)[C@H](O)[C@H](C)O2)C1)C(=O)c1ccccc1C3=O.CN(C)c1ccc(O)c2c1C[C@H]1C[C@H]3[C@H](N(C)C)C(=O)C(C(N)=O)=C(O)[C@@]3(O)C(=O)C1=C2O.C[C@H]1c2cccc(O)c2C(O)=C2C(=O)[C@]3(O)C(O)=C(C(N)=O)C(=O)[C@@H](N(C)C)[C@@H]3[C@@H](O)[C@@H]21.O. The zero-order chi connectivity index (χ0) is 74.5. The number of hydrogen-bond donors (Lipinski definition) is 16. The summed E-state index contributed by atoms with van der Waals surface area (Å²) in [6.45, 7) is 4.48. The van der Waals surface area contributed by atoms with Gasteiger partial charge in [0.15, 0.2) is 46.4 Å². The number of nitrogens with zero attached hydrogens (tertiary/aromatic N) is 3. The van der Waals surface area contributed by atoms with Crippen LogP contribution in [0.25, 0.3) is 11.5 Å². The maximum absolute atomic E-state index is 13.7. The van der Waals surface area contributed by atoms with Crippen molar-refractivity contribution in [3.8, 4) is 23.0 Å². The molecule has 13 rings (SSSR count). The number of carbonyl (C=O) groups excluding carboxylic acids is 9. The van der Waals surface area contributed by atoms with Crippen LogP contribution in [0.2, 0.25) is 0 Å². The normalized spacial score (nSPS) is 31.3. The van der Waals surface area contributed by atoms with E-state index >= 15 is 0 Å². The van der Waals surface area contributed by atoms with E-state index in [4.69, 9.17) is 26.7 Å². The number of fused-ring (bicyclic) bond motifs is 9. The van der Waals surface area contributed by atoms with Crippen LogP contribution in [0, 0.1) is 23.7 Å². The highest BCUT2D eigenvalue weighted by Gasteiger charge is 2.69. The molecular weight excluding hydrogens is 1340 g/mol. The molecule has 1 saturated heterocycles. The van der Waals surface area contributed by atoms with Gasteiger partial charge in [-0.25, -0.2) is 0 Å². The lowest BCUT2D eigenvalue weighted by Crippen LogP contribution is -2.70. The molecule has 31 nitrogen and oxygen atoms in total. The molecule has 1 heterocycles. The Morgan fingerprint density at radius 2 is 1.16 bits per heavy atom. The number of Topliss-reactive ketones (excluding diaryl/α,β-unsaturated/α-hetero) is 5. The number of amides is 2. The van der Waals surface area contributed by atoms with Gasteiger partial charge in [-0.15, -0.1) is 0 Å². The number of carbonyl (C=O) groups is 9. The van der Waals surface area contributed by atoms with Crippen LogP contribution in [-0.2, 0) is 55.9 Å². The van der Waals surface area contributed by atoms with E-state index in [1.807, 2.05) is 19.0 Å². The summed E-state index contributed by atoms with van der Waals surface area (Å²) < 4.78 is 11.8. The molecule has 0 radical (unpaired) electrons. The highest BCUT2D eigenvalue weighted by Crippen LogP contribution is 2.58. The zero-order valence-electron chi connectivity index (χ0n) is 56.6. The molecule has 544 valence electrons. The molecule has 9 aliphatic rings. The molecule has 0 unspecified atom stereocenters. The Morgan fingerprint density at radius 1 is 0.627 bits per heavy atom. The van der Waals surface area contributed by atoms with Crippen molar-refractivity contribution < 1.29 is 124 Å². The first kappa shape index (κ1) is 74.9. The molecule has 4 aromatic carbocycles. The lowest BCUT2D eigenvalue weighted by molar-refractivity contribution is -0.247. The summed E-state index contributed by atoms with van der Waals surface area (Å²) in [5, 5.41) is 143. The van der Waals surface area contributed by atoms with Crippen LogP contribution < -0.4 is 22.1 Å². The third kappa shape index (κ3) is 10.9. The Hall–Kier alpha value is -9.77. The second kappa shape index (κ2) is 26.2. The molecule has 3 fully saturated rings. The van der Waals surface area contributed by atoms with Crippen LogP contribution in [-0.4, -0.2) is 236 Å². The molecule has 4 aromatic rings. The summed E-state index contributed by atoms with van der Waals surface area (Å²) in [6.07, 6.45) is -5.64. The number of rotatable bonds is 8. The first-order valence-corrected chi connectivity index (χ1v) is 32.2. The van der Waals surface area contributed by atoms with Gasteiger partial charge in [0, 0.05) is 90.3 Å². The molecule has 1 aliphatic heterocycles. The van der Waals surface area contributed by atoms with Gasteiger partial charge < -0.3 is 103 Å². The number of ketones is 7. The third-order valence-electron chi connectivity index (χ3n) is 21.6. The van der Waals surface area contributed by atoms with Gasteiger partial charge in [-0.2, -0.15) is 0 Å². The smallest absolute Gasteiger partial charge is 0.255 e. The summed E-state index contributed by atoms with van der Waals surface area (Å²) in [6, 6.07) is 10.5. The summed E-state index contributed by atoms with van der Waals surface area (Å²) in [7, 11) is 9.67. The van der Waals surface area contributed by atoms with Crippen LogP contribution in [0.4, 0.5) is 5.69 Å². The monoisotopic (exact) mass is 1420 g/mol. The van der Waals surface area contributed by atoms with Crippen LogP contribution in [0.1, 0.15) is 117 Å². The number of primary amides is 2. The number of ether oxygens (including phenoxy) is 2. The topological polar surface area (TPSA) is 554 Å². The molecule has 0 bridgehead atoms. The lowest BCUT2D eigenvalue weighted by Gasteiger charge is -2.53. The van der Waals surface area contributed by atoms with Crippen molar-refractivity contribution in [1.29, 1.82) is 0 Å². The number of hydrogen-bond acceptors (Lipinski definition) is 28. The number of nitrogens with two attached hydrogens (primary N) is 3. The third-order valence-corrected chi connectivity index (χ3v) is 21.6. The van der Waals surface area contributed by atoms with Gasteiger partial charge in [0.1, 0.15) is 62.8 Å². The second-order valence-electron chi connectivity index (χ2n) is 27.9. The highest BCUT2D eigenvalue weighted by atomic mass is 16.7. The molecule has 0 spiro atoms. The molecule has 31 heteroatoms. The van der Waals surface area contributed by atoms with E-state index in [-0.39, 0.29) is 92.7 Å². The Balaban J connectivity index is 0.000000164. The molecule has 21 N–H and O–H groups in total. The van der Waals surface area contributed by atoms with E-state index in [0.717, 1.165) is 5.69 Å². The predicted molar refractivity (Wildman–Crippen MR) is 356 cm³/mol. The van der Waals surface area contributed by atoms with Crippen LogP contribution in [0.15, 0.2) is 88.4 Å². The molecular formula is C71H80N6O25. The Morgan fingerprint density at radius 3 is 1.70 bits per heavy atom. The molecule has 0 aromatic heterocycles. The molecule has 102 heavy (non-hydrogen) atoms. The zero-order valence-corrected chi connectivity index (χ0v) is 56.6. The number of phenolic OH excluding ortho intramolecular Hbond substituents is 4. The van der Waals surface area contributed by atoms with Gasteiger partial charge in [-0.3, -0.25) is 53.0 Å². The largest absolute Gasteiger partial charge is 0.508 e. The van der Waals surface area contributed by atoms with Crippen molar-refractivity contribution in [2.24, 2.45) is 40.9 Å². The van der Waals surface area contributed by atoms with Gasteiger partial charge in [0.25, 0.3) is 11.8 Å².